The van der Waals surface area contributed by atoms with Crippen molar-refractivity contribution < 1.29 is 0 Å². The molecule has 0 fully saturated rings. The van der Waals surface area contributed by atoms with E-state index in [-0.39, 0.29) is 0 Å². The van der Waals surface area contributed by atoms with Gasteiger partial charge in [-0.3, -0.25) is 0 Å². The summed E-state index contributed by atoms with van der Waals surface area (Å²) in [6.45, 7) is 4.47. The molecule has 2 rings (SSSR count). The molecule has 3 heteroatoms. The summed E-state index contributed by atoms with van der Waals surface area (Å²) < 4.78 is 1.09. The number of H-pyrrole nitrogens is 1. The summed E-state index contributed by atoms with van der Waals surface area (Å²) in [5, 5.41) is 0. The van der Waals surface area contributed by atoms with Gasteiger partial charge in [-0.05, 0) is 24.1 Å². The number of imidazole rings is 1. The van der Waals surface area contributed by atoms with Gasteiger partial charge in [-0.15, -0.1) is 0 Å². The van der Waals surface area contributed by atoms with Gasteiger partial charge >= 0.3 is 0 Å². The fourth-order valence-corrected chi connectivity index (χ4v) is 1.97. The Hall–Kier alpha value is -0.830. The van der Waals surface area contributed by atoms with Crippen LogP contribution in [0, 0.1) is 5.92 Å². The van der Waals surface area contributed by atoms with Crippen molar-refractivity contribution in [2.75, 3.05) is 0 Å². The lowest BCUT2D eigenvalue weighted by molar-refractivity contribution is 0.547. The van der Waals surface area contributed by atoms with Crippen molar-refractivity contribution in [3.05, 3.63) is 28.5 Å². The lowest BCUT2D eigenvalue weighted by atomic mass is 10.1. The van der Waals surface area contributed by atoms with Gasteiger partial charge in [0.05, 0.1) is 11.0 Å². The van der Waals surface area contributed by atoms with Crippen LogP contribution in [-0.2, 0) is 6.42 Å². The first-order valence-electron chi connectivity index (χ1n) is 5.33. The molecule has 0 aliphatic carbocycles. The summed E-state index contributed by atoms with van der Waals surface area (Å²) in [4.78, 5) is 7.93. The smallest absolute Gasteiger partial charge is 0.107 e. The average molecular weight is 267 g/mol. The van der Waals surface area contributed by atoms with Gasteiger partial charge in [-0.1, -0.05) is 36.2 Å². The molecule has 0 aliphatic rings. The highest BCUT2D eigenvalue weighted by atomic mass is 79.9. The van der Waals surface area contributed by atoms with E-state index in [1.165, 1.54) is 6.42 Å². The SMILES string of the molecule is CCC(C)Cc1nc2ccc(Br)cc2[nH]1. The maximum absolute atomic E-state index is 4.57. The summed E-state index contributed by atoms with van der Waals surface area (Å²) in [5.41, 5.74) is 2.17. The van der Waals surface area contributed by atoms with Crippen LogP contribution in [0.2, 0.25) is 0 Å². The van der Waals surface area contributed by atoms with Crippen LogP contribution in [0.1, 0.15) is 26.1 Å². The van der Waals surface area contributed by atoms with Crippen LogP contribution in [0.25, 0.3) is 11.0 Å². The fraction of sp³-hybridized carbons (Fsp3) is 0.417. The van der Waals surface area contributed by atoms with Crippen LogP contribution in [0.4, 0.5) is 0 Å². The van der Waals surface area contributed by atoms with Crippen LogP contribution in [-0.4, -0.2) is 9.97 Å². The van der Waals surface area contributed by atoms with Crippen molar-refractivity contribution in [3.63, 3.8) is 0 Å². The highest BCUT2D eigenvalue weighted by Crippen LogP contribution is 2.19. The second-order valence-electron chi connectivity index (χ2n) is 4.06. The van der Waals surface area contributed by atoms with Crippen molar-refractivity contribution in [1.82, 2.24) is 9.97 Å². The van der Waals surface area contributed by atoms with Crippen molar-refractivity contribution in [1.29, 1.82) is 0 Å². The van der Waals surface area contributed by atoms with E-state index >= 15 is 0 Å². The van der Waals surface area contributed by atoms with Gasteiger partial charge < -0.3 is 4.98 Å². The van der Waals surface area contributed by atoms with E-state index in [9.17, 15) is 0 Å². The summed E-state index contributed by atoms with van der Waals surface area (Å²) >= 11 is 3.46. The lowest BCUT2D eigenvalue weighted by Crippen LogP contribution is -1.99. The van der Waals surface area contributed by atoms with Gasteiger partial charge in [-0.25, -0.2) is 4.98 Å². The Labute approximate surface area is 98.2 Å². The molecule has 0 radical (unpaired) electrons. The number of nitrogens with zero attached hydrogens (tertiary/aromatic N) is 1. The maximum Gasteiger partial charge on any atom is 0.107 e. The molecule has 80 valence electrons. The van der Waals surface area contributed by atoms with Gasteiger partial charge in [0, 0.05) is 10.9 Å². The molecule has 0 saturated heterocycles. The van der Waals surface area contributed by atoms with Gasteiger partial charge in [0.2, 0.25) is 0 Å². The van der Waals surface area contributed by atoms with E-state index < -0.39 is 0 Å². The first-order chi connectivity index (χ1) is 7.19. The van der Waals surface area contributed by atoms with E-state index in [0.717, 1.165) is 27.8 Å². The van der Waals surface area contributed by atoms with E-state index in [2.05, 4.69) is 45.8 Å². The summed E-state index contributed by atoms with van der Waals surface area (Å²) in [6.07, 6.45) is 2.23. The van der Waals surface area contributed by atoms with Gasteiger partial charge in [0.1, 0.15) is 5.82 Å². The van der Waals surface area contributed by atoms with Gasteiger partial charge in [0.25, 0.3) is 0 Å². The van der Waals surface area contributed by atoms with Gasteiger partial charge in [-0.2, -0.15) is 0 Å². The monoisotopic (exact) mass is 266 g/mol. The highest BCUT2D eigenvalue weighted by molar-refractivity contribution is 9.10. The molecule has 1 aromatic heterocycles. The minimum Gasteiger partial charge on any atom is -0.342 e. The number of nitrogens with one attached hydrogen (secondary N) is 1. The number of benzene rings is 1. The van der Waals surface area contributed by atoms with E-state index in [4.69, 9.17) is 0 Å². The minimum atomic E-state index is 0.689. The van der Waals surface area contributed by atoms with Crippen LogP contribution >= 0.6 is 15.9 Å². The minimum absolute atomic E-state index is 0.689. The molecule has 2 aromatic rings. The molecule has 0 amide bonds. The van der Waals surface area contributed by atoms with Crippen molar-refractivity contribution >= 4 is 27.0 Å². The number of aromatic nitrogens is 2. The van der Waals surface area contributed by atoms with Crippen LogP contribution in [0.15, 0.2) is 22.7 Å². The third-order valence-corrected chi connectivity index (χ3v) is 3.22. The lowest BCUT2D eigenvalue weighted by Gasteiger charge is -2.03. The predicted octanol–water partition coefficient (Wildman–Crippen LogP) is 3.91. The second-order valence-corrected chi connectivity index (χ2v) is 4.98. The van der Waals surface area contributed by atoms with E-state index in [1.54, 1.807) is 0 Å². The summed E-state index contributed by atoms with van der Waals surface area (Å²) in [5.74, 6) is 1.78. The number of hydrogen-bond donors (Lipinski definition) is 1. The van der Waals surface area contributed by atoms with Crippen LogP contribution in [0.5, 0.6) is 0 Å². The van der Waals surface area contributed by atoms with Crippen molar-refractivity contribution in [2.24, 2.45) is 5.92 Å². The number of hydrogen-bond acceptors (Lipinski definition) is 1. The van der Waals surface area contributed by atoms with Crippen LogP contribution in [0.3, 0.4) is 0 Å². The van der Waals surface area contributed by atoms with E-state index in [0.29, 0.717) is 5.92 Å². The standard InChI is InChI=1S/C12H15BrN2/c1-3-8(2)6-12-14-10-5-4-9(13)7-11(10)15-12/h4-5,7-8H,3,6H2,1-2H3,(H,14,15). The fourth-order valence-electron chi connectivity index (χ4n) is 1.61. The molecule has 0 spiro atoms. The zero-order valence-electron chi connectivity index (χ0n) is 9.05. The first kappa shape index (κ1) is 10.7. The largest absolute Gasteiger partial charge is 0.342 e. The van der Waals surface area contributed by atoms with Gasteiger partial charge in [0.15, 0.2) is 0 Å². The zero-order valence-corrected chi connectivity index (χ0v) is 10.6. The highest BCUT2D eigenvalue weighted by Gasteiger charge is 2.06. The Morgan fingerprint density at radius 3 is 3.00 bits per heavy atom. The normalized spacial score (nSPS) is 13.3. The van der Waals surface area contributed by atoms with Crippen LogP contribution < -0.4 is 0 Å². The molecule has 1 aromatic carbocycles. The first-order valence-corrected chi connectivity index (χ1v) is 6.12. The van der Waals surface area contributed by atoms with E-state index in [1.807, 2.05) is 12.1 Å². The molecule has 15 heavy (non-hydrogen) atoms. The summed E-state index contributed by atoms with van der Waals surface area (Å²) in [7, 11) is 0. The maximum atomic E-state index is 4.57. The molecule has 1 N–H and O–H groups in total. The molecule has 2 nitrogen and oxygen atoms in total. The third-order valence-electron chi connectivity index (χ3n) is 2.73. The Kier molecular flexibility index (Phi) is 3.10. The molecule has 1 unspecified atom stereocenters. The average Bonchev–Trinajstić information content (AvgIpc) is 2.59. The van der Waals surface area contributed by atoms with Crippen molar-refractivity contribution in [3.8, 4) is 0 Å². The Morgan fingerprint density at radius 2 is 2.27 bits per heavy atom. The molecule has 0 aliphatic heterocycles. The molecule has 0 bridgehead atoms. The van der Waals surface area contributed by atoms with Crippen molar-refractivity contribution in [2.45, 2.75) is 26.7 Å². The number of aromatic amines is 1. The number of rotatable bonds is 3. The Bertz CT molecular complexity index is 462. The molecular formula is C12H15BrN2. The molecular weight excluding hydrogens is 252 g/mol. The Balaban J connectivity index is 2.30. The molecule has 1 heterocycles. The number of fused-ring (bicyclic) bond motifs is 1. The quantitative estimate of drug-likeness (QED) is 0.897. The summed E-state index contributed by atoms with van der Waals surface area (Å²) in [6, 6.07) is 6.13. The molecule has 0 saturated carbocycles. The zero-order chi connectivity index (χ0) is 10.8. The topological polar surface area (TPSA) is 28.7 Å². The third kappa shape index (κ3) is 2.40. The Morgan fingerprint density at radius 1 is 1.47 bits per heavy atom. The number of halogens is 1. The molecule has 1 atom stereocenters. The predicted molar refractivity (Wildman–Crippen MR) is 67.0 cm³/mol. The second kappa shape index (κ2) is 4.35.